The van der Waals surface area contributed by atoms with Crippen molar-refractivity contribution in [1.29, 1.82) is 0 Å². The van der Waals surface area contributed by atoms with E-state index in [1.54, 1.807) is 0 Å². The minimum absolute atomic E-state index is 0.0220. The first kappa shape index (κ1) is 18.3. The Kier molecular flexibility index (Phi) is 5.86. The lowest BCUT2D eigenvalue weighted by Crippen LogP contribution is -2.49. The number of benzene rings is 1. The number of rotatable bonds is 4. The number of hydrogen-bond acceptors (Lipinski definition) is 3. The summed E-state index contributed by atoms with van der Waals surface area (Å²) in [6, 6.07) is 7.91. The van der Waals surface area contributed by atoms with Gasteiger partial charge in [-0.15, -0.1) is 0 Å². The van der Waals surface area contributed by atoms with Gasteiger partial charge in [-0.25, -0.2) is 0 Å². The van der Waals surface area contributed by atoms with Crippen molar-refractivity contribution in [3.8, 4) is 0 Å². The maximum atomic E-state index is 12.3. The number of carbonyl (C=O) groups excluding carboxylic acids is 2. The molecule has 5 nitrogen and oxygen atoms in total. The predicted molar refractivity (Wildman–Crippen MR) is 98.2 cm³/mol. The molecule has 0 aliphatic carbocycles. The van der Waals surface area contributed by atoms with Crippen molar-refractivity contribution >= 4 is 23.2 Å². The van der Waals surface area contributed by atoms with Gasteiger partial charge in [0.25, 0.3) is 0 Å². The van der Waals surface area contributed by atoms with Crippen LogP contribution in [0.5, 0.6) is 0 Å². The van der Waals surface area contributed by atoms with Crippen molar-refractivity contribution in [1.82, 2.24) is 4.90 Å². The summed E-state index contributed by atoms with van der Waals surface area (Å²) < 4.78 is 0. The third-order valence-electron chi connectivity index (χ3n) is 4.15. The molecule has 0 unspecified atom stereocenters. The third kappa shape index (κ3) is 5.25. The highest BCUT2D eigenvalue weighted by molar-refractivity contribution is 5.90. The average Bonchev–Trinajstić information content (AvgIpc) is 2.54. The van der Waals surface area contributed by atoms with Crippen LogP contribution in [0.25, 0.3) is 0 Å². The number of nitrogens with one attached hydrogen (secondary N) is 1. The third-order valence-corrected chi connectivity index (χ3v) is 4.15. The minimum Gasteiger partial charge on any atom is -0.368 e. The fraction of sp³-hybridized carbons (Fsp3) is 0.579. The fourth-order valence-corrected chi connectivity index (χ4v) is 2.78. The minimum atomic E-state index is 0.0220. The van der Waals surface area contributed by atoms with E-state index in [2.05, 4.69) is 31.0 Å². The quantitative estimate of drug-likeness (QED) is 0.922. The molecular weight excluding hydrogens is 302 g/mol. The van der Waals surface area contributed by atoms with Crippen molar-refractivity contribution < 1.29 is 9.59 Å². The van der Waals surface area contributed by atoms with Crippen LogP contribution in [0.4, 0.5) is 11.4 Å². The van der Waals surface area contributed by atoms with Crippen LogP contribution in [0.3, 0.4) is 0 Å². The molecule has 2 amide bonds. The number of carbonyl (C=O) groups is 2. The SMILES string of the molecule is CCC(=O)Nc1ccc(N2CCN(C(=O)CC(C)(C)C)CC2)cc1. The number of anilines is 2. The van der Waals surface area contributed by atoms with E-state index >= 15 is 0 Å². The lowest BCUT2D eigenvalue weighted by Gasteiger charge is -2.37. The van der Waals surface area contributed by atoms with E-state index in [1.807, 2.05) is 36.1 Å². The van der Waals surface area contributed by atoms with Crippen LogP contribution in [0, 0.1) is 5.41 Å². The second-order valence-corrected chi connectivity index (χ2v) is 7.55. The number of piperazine rings is 1. The van der Waals surface area contributed by atoms with Crippen LogP contribution < -0.4 is 10.2 Å². The molecule has 1 aromatic rings. The van der Waals surface area contributed by atoms with Crippen LogP contribution in [0.1, 0.15) is 40.5 Å². The highest BCUT2D eigenvalue weighted by Gasteiger charge is 2.24. The van der Waals surface area contributed by atoms with Gasteiger partial charge in [0.1, 0.15) is 0 Å². The lowest BCUT2D eigenvalue weighted by molar-refractivity contribution is -0.133. The molecule has 0 radical (unpaired) electrons. The maximum Gasteiger partial charge on any atom is 0.224 e. The van der Waals surface area contributed by atoms with E-state index in [0.717, 1.165) is 37.6 Å². The number of nitrogens with zero attached hydrogens (tertiary/aromatic N) is 2. The lowest BCUT2D eigenvalue weighted by atomic mass is 9.91. The molecule has 5 heteroatoms. The molecule has 1 aromatic carbocycles. The van der Waals surface area contributed by atoms with Crippen LogP contribution in [0.2, 0.25) is 0 Å². The summed E-state index contributed by atoms with van der Waals surface area (Å²) in [5.74, 6) is 0.272. The van der Waals surface area contributed by atoms with E-state index in [-0.39, 0.29) is 17.2 Å². The number of hydrogen-bond donors (Lipinski definition) is 1. The molecule has 1 heterocycles. The molecule has 1 saturated heterocycles. The summed E-state index contributed by atoms with van der Waals surface area (Å²) in [6.45, 7) is 11.4. The van der Waals surface area contributed by atoms with Gasteiger partial charge in [-0.3, -0.25) is 9.59 Å². The summed E-state index contributed by atoms with van der Waals surface area (Å²) in [7, 11) is 0. The first-order chi connectivity index (χ1) is 11.3. The zero-order valence-corrected chi connectivity index (χ0v) is 15.3. The molecule has 1 fully saturated rings. The molecule has 132 valence electrons. The molecule has 1 aliphatic heterocycles. The van der Waals surface area contributed by atoms with Crippen molar-refractivity contribution in [2.24, 2.45) is 5.41 Å². The Morgan fingerprint density at radius 1 is 1.04 bits per heavy atom. The Morgan fingerprint density at radius 2 is 1.62 bits per heavy atom. The Hall–Kier alpha value is -2.04. The van der Waals surface area contributed by atoms with Gasteiger partial charge in [0.05, 0.1) is 0 Å². The van der Waals surface area contributed by atoms with Gasteiger partial charge in [-0.1, -0.05) is 27.7 Å². The summed E-state index contributed by atoms with van der Waals surface area (Å²) in [4.78, 5) is 28.0. The maximum absolute atomic E-state index is 12.3. The van der Waals surface area contributed by atoms with Gasteiger partial charge >= 0.3 is 0 Å². The Balaban J connectivity index is 1.88. The highest BCUT2D eigenvalue weighted by atomic mass is 16.2. The van der Waals surface area contributed by atoms with Gasteiger partial charge in [-0.05, 0) is 29.7 Å². The topological polar surface area (TPSA) is 52.7 Å². The van der Waals surface area contributed by atoms with Gasteiger partial charge < -0.3 is 15.1 Å². The van der Waals surface area contributed by atoms with E-state index in [9.17, 15) is 9.59 Å². The smallest absolute Gasteiger partial charge is 0.224 e. The predicted octanol–water partition coefficient (Wildman–Crippen LogP) is 3.12. The van der Waals surface area contributed by atoms with Crippen LogP contribution in [0.15, 0.2) is 24.3 Å². The second-order valence-electron chi connectivity index (χ2n) is 7.55. The Labute approximate surface area is 145 Å². The van der Waals surface area contributed by atoms with E-state index in [4.69, 9.17) is 0 Å². The molecular formula is C19H29N3O2. The van der Waals surface area contributed by atoms with E-state index < -0.39 is 0 Å². The summed E-state index contributed by atoms with van der Waals surface area (Å²) >= 11 is 0. The van der Waals surface area contributed by atoms with Crippen molar-refractivity contribution in [2.45, 2.75) is 40.5 Å². The zero-order chi connectivity index (χ0) is 17.7. The van der Waals surface area contributed by atoms with E-state index in [0.29, 0.717) is 12.8 Å². The Morgan fingerprint density at radius 3 is 2.12 bits per heavy atom. The fourth-order valence-electron chi connectivity index (χ4n) is 2.78. The number of amides is 2. The normalized spacial score (nSPS) is 15.3. The van der Waals surface area contributed by atoms with Crippen LogP contribution in [-0.4, -0.2) is 42.9 Å². The molecule has 24 heavy (non-hydrogen) atoms. The van der Waals surface area contributed by atoms with Gasteiger partial charge in [0, 0.05) is 50.4 Å². The molecule has 1 aliphatic rings. The standard InChI is InChI=1S/C19H29N3O2/c1-5-17(23)20-15-6-8-16(9-7-15)21-10-12-22(13-11-21)18(24)14-19(2,3)4/h6-9H,5,10-14H2,1-4H3,(H,20,23). The van der Waals surface area contributed by atoms with Gasteiger partial charge in [0.15, 0.2) is 0 Å². The van der Waals surface area contributed by atoms with Gasteiger partial charge in [0.2, 0.25) is 11.8 Å². The van der Waals surface area contributed by atoms with Gasteiger partial charge in [-0.2, -0.15) is 0 Å². The van der Waals surface area contributed by atoms with E-state index in [1.165, 1.54) is 0 Å². The first-order valence-corrected chi connectivity index (χ1v) is 8.71. The molecule has 2 rings (SSSR count). The highest BCUT2D eigenvalue weighted by Crippen LogP contribution is 2.22. The van der Waals surface area contributed by atoms with Crippen LogP contribution >= 0.6 is 0 Å². The summed E-state index contributed by atoms with van der Waals surface area (Å²) in [5, 5.41) is 2.86. The first-order valence-electron chi connectivity index (χ1n) is 8.71. The molecule has 0 bridgehead atoms. The Bertz CT molecular complexity index is 567. The largest absolute Gasteiger partial charge is 0.368 e. The summed E-state index contributed by atoms with van der Waals surface area (Å²) in [6.07, 6.45) is 1.07. The molecule has 0 aromatic heterocycles. The monoisotopic (exact) mass is 331 g/mol. The van der Waals surface area contributed by atoms with Crippen molar-refractivity contribution in [2.75, 3.05) is 36.4 Å². The van der Waals surface area contributed by atoms with Crippen LogP contribution in [-0.2, 0) is 9.59 Å². The molecule has 0 saturated carbocycles. The molecule has 0 atom stereocenters. The average molecular weight is 331 g/mol. The summed E-state index contributed by atoms with van der Waals surface area (Å²) in [5.41, 5.74) is 1.99. The van der Waals surface area contributed by atoms with Crippen molar-refractivity contribution in [3.63, 3.8) is 0 Å². The zero-order valence-electron chi connectivity index (χ0n) is 15.3. The molecule has 1 N–H and O–H groups in total. The van der Waals surface area contributed by atoms with Crippen molar-refractivity contribution in [3.05, 3.63) is 24.3 Å². The molecule has 0 spiro atoms. The second kappa shape index (κ2) is 7.69.